The molecule has 0 saturated heterocycles. The highest BCUT2D eigenvalue weighted by Crippen LogP contribution is 2.14. The van der Waals surface area contributed by atoms with Gasteiger partial charge in [-0.05, 0) is 24.3 Å². The quantitative estimate of drug-likeness (QED) is 0.688. The first-order chi connectivity index (χ1) is 8.81. The molecule has 0 aromatic heterocycles. The third-order valence-electron chi connectivity index (χ3n) is 2.20. The first-order valence-electron chi connectivity index (χ1n) is 5.43. The van der Waals surface area contributed by atoms with Gasteiger partial charge in [-0.3, -0.25) is 0 Å². The third kappa shape index (κ3) is 4.08. The van der Waals surface area contributed by atoms with E-state index >= 15 is 0 Å². The summed E-state index contributed by atoms with van der Waals surface area (Å²) < 4.78 is 4.99. The Morgan fingerprint density at radius 1 is 0.833 bits per heavy atom. The molecule has 0 saturated carbocycles. The molecule has 18 heavy (non-hydrogen) atoms. The molecule has 0 atom stereocenters. The van der Waals surface area contributed by atoms with Crippen LogP contribution in [0.3, 0.4) is 0 Å². The van der Waals surface area contributed by atoms with Crippen LogP contribution in [0.25, 0.3) is 0 Å². The van der Waals surface area contributed by atoms with Crippen LogP contribution in [0, 0.1) is 24.7 Å². The molecule has 0 N–H and O–H groups in total. The number of terminal acetylenes is 2. The molecule has 0 amide bonds. The van der Waals surface area contributed by atoms with Crippen LogP contribution in [0.1, 0.15) is 11.1 Å². The largest absolute Gasteiger partial charge is 0.495 e. The SMILES string of the molecule is C#Cc1ccccc1.C#Cc1ccccc1OC. The van der Waals surface area contributed by atoms with Crippen molar-refractivity contribution < 1.29 is 4.74 Å². The van der Waals surface area contributed by atoms with E-state index in [-0.39, 0.29) is 0 Å². The lowest BCUT2D eigenvalue weighted by atomic mass is 10.2. The van der Waals surface area contributed by atoms with Gasteiger partial charge in [0.2, 0.25) is 0 Å². The second-order valence-electron chi connectivity index (χ2n) is 3.35. The highest BCUT2D eigenvalue weighted by atomic mass is 16.5. The molecule has 0 aliphatic rings. The Hall–Kier alpha value is -2.64. The third-order valence-corrected chi connectivity index (χ3v) is 2.20. The normalized spacial score (nSPS) is 8.17. The Morgan fingerprint density at radius 2 is 1.44 bits per heavy atom. The van der Waals surface area contributed by atoms with Gasteiger partial charge in [0.05, 0.1) is 12.7 Å². The van der Waals surface area contributed by atoms with Gasteiger partial charge in [-0.25, -0.2) is 0 Å². The Kier molecular flexibility index (Phi) is 5.67. The van der Waals surface area contributed by atoms with Crippen LogP contribution in [0.4, 0.5) is 0 Å². The van der Waals surface area contributed by atoms with Gasteiger partial charge in [0.15, 0.2) is 0 Å². The fraction of sp³-hybridized carbons (Fsp3) is 0.0588. The predicted octanol–water partition coefficient (Wildman–Crippen LogP) is 3.34. The summed E-state index contributed by atoms with van der Waals surface area (Å²) in [7, 11) is 1.61. The molecular formula is C17H14O. The van der Waals surface area contributed by atoms with Gasteiger partial charge >= 0.3 is 0 Å². The topological polar surface area (TPSA) is 9.23 Å². The summed E-state index contributed by atoms with van der Waals surface area (Å²) in [4.78, 5) is 0. The molecule has 0 radical (unpaired) electrons. The second kappa shape index (κ2) is 7.60. The summed E-state index contributed by atoms with van der Waals surface area (Å²) in [5.74, 6) is 5.80. The summed E-state index contributed by atoms with van der Waals surface area (Å²) in [6.45, 7) is 0. The van der Waals surface area contributed by atoms with E-state index in [4.69, 9.17) is 17.6 Å². The van der Waals surface area contributed by atoms with Crippen LogP contribution >= 0.6 is 0 Å². The number of hydrogen-bond acceptors (Lipinski definition) is 1. The van der Waals surface area contributed by atoms with Crippen molar-refractivity contribution in [1.29, 1.82) is 0 Å². The summed E-state index contributed by atoms with van der Waals surface area (Å²) in [6.07, 6.45) is 10.3. The summed E-state index contributed by atoms with van der Waals surface area (Å²) in [6, 6.07) is 17.1. The zero-order valence-electron chi connectivity index (χ0n) is 10.3. The molecule has 2 aromatic rings. The summed E-state index contributed by atoms with van der Waals surface area (Å²) in [5, 5.41) is 0. The number of methoxy groups -OCH3 is 1. The molecule has 0 fully saturated rings. The van der Waals surface area contributed by atoms with E-state index in [0.717, 1.165) is 16.9 Å². The lowest BCUT2D eigenvalue weighted by Gasteiger charge is -1.99. The lowest BCUT2D eigenvalue weighted by molar-refractivity contribution is 0.413. The molecule has 2 aromatic carbocycles. The van der Waals surface area contributed by atoms with Crippen molar-refractivity contribution in [1.82, 2.24) is 0 Å². The van der Waals surface area contributed by atoms with Crippen LogP contribution in [-0.2, 0) is 0 Å². The molecule has 0 spiro atoms. The molecular weight excluding hydrogens is 220 g/mol. The summed E-state index contributed by atoms with van der Waals surface area (Å²) in [5.41, 5.74) is 1.73. The molecule has 88 valence electrons. The lowest BCUT2D eigenvalue weighted by Crippen LogP contribution is -1.85. The highest BCUT2D eigenvalue weighted by Gasteiger charge is 1.94. The van der Waals surface area contributed by atoms with Gasteiger partial charge in [-0.15, -0.1) is 12.8 Å². The van der Waals surface area contributed by atoms with Gasteiger partial charge in [0.25, 0.3) is 0 Å². The van der Waals surface area contributed by atoms with Gasteiger partial charge in [-0.2, -0.15) is 0 Å². The van der Waals surface area contributed by atoms with Gasteiger partial charge in [0.1, 0.15) is 5.75 Å². The fourth-order valence-electron chi connectivity index (χ4n) is 1.30. The van der Waals surface area contributed by atoms with Crippen LogP contribution in [0.15, 0.2) is 54.6 Å². The minimum atomic E-state index is 0.755. The predicted molar refractivity (Wildman–Crippen MR) is 75.3 cm³/mol. The van der Waals surface area contributed by atoms with E-state index in [1.807, 2.05) is 54.6 Å². The average Bonchev–Trinajstić information content (AvgIpc) is 2.48. The average molecular weight is 234 g/mol. The maximum atomic E-state index is 5.20. The van der Waals surface area contributed by atoms with E-state index in [2.05, 4.69) is 11.8 Å². The van der Waals surface area contributed by atoms with Crippen LogP contribution in [0.5, 0.6) is 5.75 Å². The van der Waals surface area contributed by atoms with Crippen LogP contribution < -0.4 is 4.74 Å². The molecule has 1 nitrogen and oxygen atoms in total. The fourth-order valence-corrected chi connectivity index (χ4v) is 1.30. The number of benzene rings is 2. The molecule has 0 heterocycles. The number of ether oxygens (including phenoxy) is 1. The van der Waals surface area contributed by atoms with Gasteiger partial charge in [0, 0.05) is 5.56 Å². The van der Waals surface area contributed by atoms with Crippen LogP contribution in [0.2, 0.25) is 0 Å². The smallest absolute Gasteiger partial charge is 0.134 e. The maximum absolute atomic E-state index is 5.20. The van der Waals surface area contributed by atoms with Crippen molar-refractivity contribution in [3.63, 3.8) is 0 Å². The van der Waals surface area contributed by atoms with E-state index in [1.54, 1.807) is 7.11 Å². The zero-order chi connectivity index (χ0) is 13.2. The molecule has 0 unspecified atom stereocenters. The van der Waals surface area contributed by atoms with E-state index in [0.29, 0.717) is 0 Å². The van der Waals surface area contributed by atoms with Crippen molar-refractivity contribution in [3.8, 4) is 30.4 Å². The Bertz CT molecular complexity index is 556. The van der Waals surface area contributed by atoms with E-state index in [1.165, 1.54) is 0 Å². The van der Waals surface area contributed by atoms with Crippen molar-refractivity contribution in [2.45, 2.75) is 0 Å². The maximum Gasteiger partial charge on any atom is 0.134 e. The van der Waals surface area contributed by atoms with Crippen LogP contribution in [-0.4, -0.2) is 7.11 Å². The first-order valence-corrected chi connectivity index (χ1v) is 5.43. The molecule has 0 bridgehead atoms. The standard InChI is InChI=1S/C9H8O.C8H6/c1-3-8-6-4-5-7-9(8)10-2;1-2-8-6-4-3-5-7-8/h1,4-7H,2H3;1,3-7H. The second-order valence-corrected chi connectivity index (χ2v) is 3.35. The van der Waals surface area contributed by atoms with Crippen molar-refractivity contribution in [3.05, 3.63) is 65.7 Å². The summed E-state index contributed by atoms with van der Waals surface area (Å²) >= 11 is 0. The van der Waals surface area contributed by atoms with E-state index in [9.17, 15) is 0 Å². The van der Waals surface area contributed by atoms with E-state index < -0.39 is 0 Å². The number of rotatable bonds is 1. The number of para-hydroxylation sites is 1. The number of hydrogen-bond donors (Lipinski definition) is 0. The van der Waals surface area contributed by atoms with Crippen molar-refractivity contribution in [2.75, 3.05) is 7.11 Å². The minimum Gasteiger partial charge on any atom is -0.495 e. The molecule has 2 rings (SSSR count). The Labute approximate surface area is 108 Å². The zero-order valence-corrected chi connectivity index (χ0v) is 10.3. The molecule has 0 aliphatic carbocycles. The van der Waals surface area contributed by atoms with Gasteiger partial charge in [-0.1, -0.05) is 42.2 Å². The molecule has 1 heteroatoms. The Balaban J connectivity index is 0.000000184. The molecule has 0 aliphatic heterocycles. The monoisotopic (exact) mass is 234 g/mol. The minimum absolute atomic E-state index is 0.755. The first kappa shape index (κ1) is 13.4. The van der Waals surface area contributed by atoms with Gasteiger partial charge < -0.3 is 4.74 Å². The van der Waals surface area contributed by atoms with Crippen molar-refractivity contribution in [2.24, 2.45) is 0 Å². The highest BCUT2D eigenvalue weighted by molar-refractivity contribution is 5.44. The Morgan fingerprint density at radius 3 is 1.89 bits per heavy atom. The van der Waals surface area contributed by atoms with Crippen molar-refractivity contribution >= 4 is 0 Å².